The molecule has 3 rings (SSSR count). The van der Waals surface area contributed by atoms with Crippen LogP contribution in [0.2, 0.25) is 0 Å². The molecule has 2 amide bonds. The molecular weight excluding hydrogens is 402 g/mol. The molecule has 0 aliphatic heterocycles. The Balaban J connectivity index is 1.73. The van der Waals surface area contributed by atoms with E-state index in [9.17, 15) is 9.59 Å². The lowest BCUT2D eigenvalue weighted by Gasteiger charge is -2.16. The summed E-state index contributed by atoms with van der Waals surface area (Å²) in [5, 5.41) is 10.6. The molecule has 0 bridgehead atoms. The Morgan fingerprint density at radius 1 is 1.06 bits per heavy atom. The lowest BCUT2D eigenvalue weighted by Crippen LogP contribution is -2.41. The number of hydrogen-bond acceptors (Lipinski definition) is 7. The number of aryl methyl sites for hydroxylation is 2. The number of pyridine rings is 1. The molecule has 10 nitrogen and oxygen atoms in total. The zero-order valence-corrected chi connectivity index (χ0v) is 18.3. The summed E-state index contributed by atoms with van der Waals surface area (Å²) in [5.41, 5.74) is 2.31. The van der Waals surface area contributed by atoms with Gasteiger partial charge in [0.15, 0.2) is 17.1 Å². The topological polar surface area (TPSA) is 117 Å². The number of ether oxygens (including phenoxy) is 3. The maximum absolute atomic E-state index is 12.7. The third-order valence-corrected chi connectivity index (χ3v) is 4.80. The third kappa shape index (κ3) is 4.37. The van der Waals surface area contributed by atoms with Gasteiger partial charge in [-0.1, -0.05) is 0 Å². The fraction of sp³-hybridized carbons (Fsp3) is 0.333. The van der Waals surface area contributed by atoms with Gasteiger partial charge >= 0.3 is 0 Å². The molecule has 0 saturated carbocycles. The highest BCUT2D eigenvalue weighted by Crippen LogP contribution is 2.38. The maximum Gasteiger partial charge on any atom is 0.252 e. The highest BCUT2D eigenvalue weighted by atomic mass is 16.5. The van der Waals surface area contributed by atoms with E-state index in [0.717, 1.165) is 16.7 Å². The molecular formula is C21H25N5O5. The Labute approximate surface area is 179 Å². The molecule has 0 saturated heterocycles. The number of benzene rings is 1. The number of anilines is 1. The summed E-state index contributed by atoms with van der Waals surface area (Å²) >= 11 is 0. The summed E-state index contributed by atoms with van der Waals surface area (Å²) in [7, 11) is 6.21. The first kappa shape index (κ1) is 21.9. The van der Waals surface area contributed by atoms with E-state index in [1.54, 1.807) is 30.9 Å². The van der Waals surface area contributed by atoms with E-state index in [2.05, 4.69) is 20.7 Å². The summed E-state index contributed by atoms with van der Waals surface area (Å²) in [4.78, 5) is 29.6. The van der Waals surface area contributed by atoms with Crippen molar-refractivity contribution in [1.29, 1.82) is 0 Å². The quantitative estimate of drug-likeness (QED) is 0.593. The molecule has 0 fully saturated rings. The Hall–Kier alpha value is -3.82. The van der Waals surface area contributed by atoms with Gasteiger partial charge in [0.25, 0.3) is 5.91 Å². The summed E-state index contributed by atoms with van der Waals surface area (Å²) in [6.07, 6.45) is 1.55. The van der Waals surface area contributed by atoms with Gasteiger partial charge in [0.05, 0.1) is 38.9 Å². The van der Waals surface area contributed by atoms with Crippen LogP contribution in [0.5, 0.6) is 17.2 Å². The number of aromatic nitrogens is 3. The van der Waals surface area contributed by atoms with E-state index in [-0.39, 0.29) is 11.5 Å². The smallest absolute Gasteiger partial charge is 0.252 e. The van der Waals surface area contributed by atoms with Crippen LogP contribution in [-0.2, 0) is 11.8 Å². The van der Waals surface area contributed by atoms with E-state index in [0.29, 0.717) is 22.9 Å². The summed E-state index contributed by atoms with van der Waals surface area (Å²) in [5.74, 6) is 0.216. The van der Waals surface area contributed by atoms with E-state index in [1.807, 2.05) is 6.92 Å². The van der Waals surface area contributed by atoms with Gasteiger partial charge in [-0.2, -0.15) is 5.10 Å². The van der Waals surface area contributed by atoms with Crippen molar-refractivity contribution >= 4 is 28.5 Å². The first-order valence-electron chi connectivity index (χ1n) is 9.50. The molecule has 1 aromatic carbocycles. The average Bonchev–Trinajstić information content (AvgIpc) is 3.05. The van der Waals surface area contributed by atoms with Crippen LogP contribution in [0.1, 0.15) is 23.0 Å². The van der Waals surface area contributed by atoms with Gasteiger partial charge in [-0.3, -0.25) is 14.3 Å². The molecule has 0 aliphatic rings. The molecule has 2 heterocycles. The molecule has 0 radical (unpaired) electrons. The number of carbonyl (C=O) groups is 2. The molecule has 2 aromatic heterocycles. The summed E-state index contributed by atoms with van der Waals surface area (Å²) in [6, 6.07) is 4.03. The zero-order valence-electron chi connectivity index (χ0n) is 18.3. The largest absolute Gasteiger partial charge is 0.493 e. The first-order valence-corrected chi connectivity index (χ1v) is 9.50. The second kappa shape index (κ2) is 8.90. The van der Waals surface area contributed by atoms with Crippen molar-refractivity contribution in [2.75, 3.05) is 26.6 Å². The number of carbonyl (C=O) groups excluding carboxylic acids is 2. The minimum absolute atomic E-state index is 0.267. The van der Waals surface area contributed by atoms with Crippen LogP contribution in [0, 0.1) is 6.92 Å². The molecule has 0 spiro atoms. The summed E-state index contributed by atoms with van der Waals surface area (Å²) < 4.78 is 17.5. The molecule has 0 unspecified atom stereocenters. The minimum atomic E-state index is -0.808. The van der Waals surface area contributed by atoms with Crippen LogP contribution in [0.25, 0.3) is 11.0 Å². The van der Waals surface area contributed by atoms with Crippen molar-refractivity contribution in [1.82, 2.24) is 20.1 Å². The van der Waals surface area contributed by atoms with E-state index in [1.165, 1.54) is 33.5 Å². The maximum atomic E-state index is 12.7. The Kier molecular flexibility index (Phi) is 6.28. The second-order valence-electron chi connectivity index (χ2n) is 6.90. The SMILES string of the molecule is COc1cc(C(=O)N[C@H](C)C(=O)Nc2cnc3c(c2)c(C)nn3C)cc(OC)c1OC. The van der Waals surface area contributed by atoms with Crippen LogP contribution in [0.4, 0.5) is 5.69 Å². The Bertz CT molecular complexity index is 1120. The number of nitrogens with one attached hydrogen (secondary N) is 2. The van der Waals surface area contributed by atoms with Gasteiger partial charge < -0.3 is 24.8 Å². The second-order valence-corrected chi connectivity index (χ2v) is 6.90. The number of rotatable bonds is 7. The van der Waals surface area contributed by atoms with Crippen LogP contribution in [-0.4, -0.2) is 54.0 Å². The fourth-order valence-electron chi connectivity index (χ4n) is 3.18. The zero-order chi connectivity index (χ0) is 22.7. The molecule has 3 aromatic rings. The first-order chi connectivity index (χ1) is 14.8. The van der Waals surface area contributed by atoms with Gasteiger partial charge in [0, 0.05) is 18.0 Å². The fourth-order valence-corrected chi connectivity index (χ4v) is 3.18. The lowest BCUT2D eigenvalue weighted by molar-refractivity contribution is -0.117. The lowest BCUT2D eigenvalue weighted by atomic mass is 10.1. The highest BCUT2D eigenvalue weighted by Gasteiger charge is 2.21. The standard InChI is InChI=1S/C21H25N5O5/c1-11-15-9-14(10-22-19(15)26(3)25-11)24-20(27)12(2)23-21(28)13-7-16(29-4)18(31-6)17(8-13)30-5/h7-10,12H,1-6H3,(H,23,28)(H,24,27)/t12-/m1/s1. The van der Waals surface area contributed by atoms with Crippen molar-refractivity contribution in [2.24, 2.45) is 7.05 Å². The number of methoxy groups -OCH3 is 3. The van der Waals surface area contributed by atoms with Crippen molar-refractivity contribution < 1.29 is 23.8 Å². The molecule has 1 atom stereocenters. The van der Waals surface area contributed by atoms with Crippen LogP contribution >= 0.6 is 0 Å². The van der Waals surface area contributed by atoms with Crippen molar-refractivity contribution in [3.05, 3.63) is 35.7 Å². The normalized spacial score (nSPS) is 11.7. The molecule has 164 valence electrons. The average molecular weight is 427 g/mol. The van der Waals surface area contributed by atoms with Gasteiger partial charge in [0.2, 0.25) is 11.7 Å². The Morgan fingerprint density at radius 2 is 1.71 bits per heavy atom. The van der Waals surface area contributed by atoms with Crippen molar-refractivity contribution in [3.63, 3.8) is 0 Å². The third-order valence-electron chi connectivity index (χ3n) is 4.80. The van der Waals surface area contributed by atoms with Crippen LogP contribution in [0.15, 0.2) is 24.4 Å². The predicted octanol–water partition coefficient (Wildman–Crippen LogP) is 2.06. The van der Waals surface area contributed by atoms with Gasteiger partial charge in [-0.15, -0.1) is 0 Å². The number of fused-ring (bicyclic) bond motifs is 1. The number of hydrogen-bond donors (Lipinski definition) is 2. The van der Waals surface area contributed by atoms with E-state index < -0.39 is 11.9 Å². The minimum Gasteiger partial charge on any atom is -0.493 e. The van der Waals surface area contributed by atoms with E-state index >= 15 is 0 Å². The molecule has 0 aliphatic carbocycles. The van der Waals surface area contributed by atoms with Crippen molar-refractivity contribution in [3.8, 4) is 17.2 Å². The van der Waals surface area contributed by atoms with Gasteiger partial charge in [-0.25, -0.2) is 4.98 Å². The van der Waals surface area contributed by atoms with Crippen LogP contribution < -0.4 is 24.8 Å². The molecule has 31 heavy (non-hydrogen) atoms. The monoisotopic (exact) mass is 427 g/mol. The molecule has 10 heteroatoms. The number of nitrogens with zero attached hydrogens (tertiary/aromatic N) is 3. The van der Waals surface area contributed by atoms with Crippen LogP contribution in [0.3, 0.4) is 0 Å². The molecule has 2 N–H and O–H groups in total. The number of amides is 2. The van der Waals surface area contributed by atoms with Gasteiger partial charge in [-0.05, 0) is 32.0 Å². The predicted molar refractivity (Wildman–Crippen MR) is 115 cm³/mol. The Morgan fingerprint density at radius 3 is 2.29 bits per heavy atom. The highest BCUT2D eigenvalue weighted by molar-refractivity contribution is 6.02. The van der Waals surface area contributed by atoms with Gasteiger partial charge in [0.1, 0.15) is 6.04 Å². The summed E-state index contributed by atoms with van der Waals surface area (Å²) in [6.45, 7) is 3.46. The van der Waals surface area contributed by atoms with Crippen molar-refractivity contribution in [2.45, 2.75) is 19.9 Å². The van der Waals surface area contributed by atoms with E-state index in [4.69, 9.17) is 14.2 Å².